The number of hydrogen-bond acceptors (Lipinski definition) is 6. The summed E-state index contributed by atoms with van der Waals surface area (Å²) in [5, 5.41) is 0.455. The summed E-state index contributed by atoms with van der Waals surface area (Å²) in [5.41, 5.74) is 1.48. The van der Waals surface area contributed by atoms with Crippen molar-refractivity contribution in [1.29, 1.82) is 0 Å². The van der Waals surface area contributed by atoms with Gasteiger partial charge in [0, 0.05) is 13.1 Å². The topological polar surface area (TPSA) is 76.2 Å². The van der Waals surface area contributed by atoms with Gasteiger partial charge in [0.2, 0.25) is 5.91 Å². The van der Waals surface area contributed by atoms with Crippen LogP contribution in [0, 0.1) is 0 Å². The SMILES string of the molecule is CCOc1cc(C=C2SC(=O)N(CC(=O)N3CCCCCC3)C2=O)cc(Br)c1OCc1ccc(Cl)c(Cl)c1. The van der Waals surface area contributed by atoms with Gasteiger partial charge in [0.25, 0.3) is 11.1 Å². The summed E-state index contributed by atoms with van der Waals surface area (Å²) in [4.78, 5) is 41.4. The molecule has 0 bridgehead atoms. The normalized spacial score (nSPS) is 17.2. The van der Waals surface area contributed by atoms with Crippen LogP contribution in [0.25, 0.3) is 6.08 Å². The zero-order valence-electron chi connectivity index (χ0n) is 20.8. The highest BCUT2D eigenvalue weighted by molar-refractivity contribution is 9.10. The van der Waals surface area contributed by atoms with Gasteiger partial charge in [-0.25, -0.2) is 0 Å². The number of carbonyl (C=O) groups is 3. The van der Waals surface area contributed by atoms with Crippen LogP contribution in [0.2, 0.25) is 10.0 Å². The summed E-state index contributed by atoms with van der Waals surface area (Å²) in [6.07, 6.45) is 5.69. The molecule has 0 radical (unpaired) electrons. The third-order valence-corrected chi connectivity index (χ3v) is 8.36. The predicted octanol–water partition coefficient (Wildman–Crippen LogP) is 7.17. The number of halogens is 3. The van der Waals surface area contributed by atoms with Crippen LogP contribution in [0.15, 0.2) is 39.7 Å². The van der Waals surface area contributed by atoms with E-state index in [4.69, 9.17) is 32.7 Å². The first kappa shape index (κ1) is 28.8. The molecule has 0 atom stereocenters. The number of benzene rings is 2. The molecule has 2 aromatic rings. The van der Waals surface area contributed by atoms with Gasteiger partial charge in [-0.2, -0.15) is 0 Å². The van der Waals surface area contributed by atoms with Gasteiger partial charge in [-0.05, 0) is 88.9 Å². The fraction of sp³-hybridized carbons (Fsp3) is 0.370. The summed E-state index contributed by atoms with van der Waals surface area (Å²) < 4.78 is 12.4. The van der Waals surface area contributed by atoms with Crippen LogP contribution in [0.5, 0.6) is 11.5 Å². The Morgan fingerprint density at radius 3 is 2.47 bits per heavy atom. The summed E-state index contributed by atoms with van der Waals surface area (Å²) >= 11 is 16.5. The molecule has 0 aliphatic carbocycles. The van der Waals surface area contributed by atoms with E-state index in [1.54, 1.807) is 35.2 Å². The molecule has 0 spiro atoms. The lowest BCUT2D eigenvalue weighted by molar-refractivity contribution is -0.135. The van der Waals surface area contributed by atoms with E-state index in [-0.39, 0.29) is 24.0 Å². The first-order valence-electron chi connectivity index (χ1n) is 12.3. The molecule has 202 valence electrons. The largest absolute Gasteiger partial charge is 0.490 e. The van der Waals surface area contributed by atoms with Crippen molar-refractivity contribution >= 4 is 74.0 Å². The average Bonchev–Trinajstić information content (AvgIpc) is 3.06. The van der Waals surface area contributed by atoms with Crippen molar-refractivity contribution in [3.8, 4) is 11.5 Å². The molecule has 0 saturated carbocycles. The number of hydrogen-bond donors (Lipinski definition) is 0. The Balaban J connectivity index is 1.49. The van der Waals surface area contributed by atoms with Gasteiger partial charge in [-0.3, -0.25) is 19.3 Å². The van der Waals surface area contributed by atoms with Crippen LogP contribution in [0.3, 0.4) is 0 Å². The zero-order chi connectivity index (χ0) is 27.2. The van der Waals surface area contributed by atoms with Crippen LogP contribution in [0.4, 0.5) is 4.79 Å². The van der Waals surface area contributed by atoms with Gasteiger partial charge < -0.3 is 14.4 Å². The quantitative estimate of drug-likeness (QED) is 0.284. The van der Waals surface area contributed by atoms with Crippen molar-refractivity contribution in [2.45, 2.75) is 39.2 Å². The van der Waals surface area contributed by atoms with E-state index in [2.05, 4.69) is 15.9 Å². The molecule has 2 saturated heterocycles. The number of thioether (sulfide) groups is 1. The number of likely N-dealkylation sites (tertiary alicyclic amines) is 1. The summed E-state index contributed by atoms with van der Waals surface area (Å²) in [6.45, 7) is 3.58. The molecular weight excluding hydrogens is 615 g/mol. The molecule has 2 aliphatic rings. The van der Waals surface area contributed by atoms with Gasteiger partial charge in [-0.15, -0.1) is 0 Å². The molecule has 0 N–H and O–H groups in total. The van der Waals surface area contributed by atoms with E-state index in [1.807, 2.05) is 13.0 Å². The zero-order valence-corrected chi connectivity index (χ0v) is 24.7. The fourth-order valence-corrected chi connectivity index (χ4v) is 5.94. The van der Waals surface area contributed by atoms with Gasteiger partial charge in [0.05, 0.1) is 26.0 Å². The van der Waals surface area contributed by atoms with E-state index in [9.17, 15) is 14.4 Å². The highest BCUT2D eigenvalue weighted by Gasteiger charge is 2.37. The Kier molecular flexibility index (Phi) is 10.0. The predicted molar refractivity (Wildman–Crippen MR) is 154 cm³/mol. The molecular formula is C27H27BrCl2N2O5S. The van der Waals surface area contributed by atoms with Crippen molar-refractivity contribution in [2.75, 3.05) is 26.2 Å². The highest BCUT2D eigenvalue weighted by atomic mass is 79.9. The van der Waals surface area contributed by atoms with Crippen molar-refractivity contribution in [3.05, 3.63) is 60.9 Å². The molecule has 4 rings (SSSR count). The smallest absolute Gasteiger partial charge is 0.294 e. The van der Waals surface area contributed by atoms with E-state index < -0.39 is 11.1 Å². The monoisotopic (exact) mass is 640 g/mol. The van der Waals surface area contributed by atoms with Gasteiger partial charge in [0.1, 0.15) is 13.2 Å². The molecule has 0 unspecified atom stereocenters. The Morgan fingerprint density at radius 2 is 1.79 bits per heavy atom. The first-order chi connectivity index (χ1) is 18.3. The van der Waals surface area contributed by atoms with Gasteiger partial charge in [0.15, 0.2) is 11.5 Å². The van der Waals surface area contributed by atoms with Crippen LogP contribution in [0.1, 0.15) is 43.7 Å². The maximum Gasteiger partial charge on any atom is 0.294 e. The number of ether oxygens (including phenoxy) is 2. The second kappa shape index (κ2) is 13.2. The van der Waals surface area contributed by atoms with Crippen molar-refractivity contribution in [1.82, 2.24) is 9.80 Å². The maximum atomic E-state index is 13.0. The first-order valence-corrected chi connectivity index (χ1v) is 14.7. The minimum Gasteiger partial charge on any atom is -0.490 e. The molecule has 0 aromatic heterocycles. The second-order valence-corrected chi connectivity index (χ2v) is 11.5. The summed E-state index contributed by atoms with van der Waals surface area (Å²) in [6, 6.07) is 8.79. The third kappa shape index (κ3) is 7.05. The number of rotatable bonds is 8. The Morgan fingerprint density at radius 1 is 1.05 bits per heavy atom. The van der Waals surface area contributed by atoms with Crippen molar-refractivity contribution in [3.63, 3.8) is 0 Å². The second-order valence-electron chi connectivity index (χ2n) is 8.86. The Hall–Kier alpha value is -2.20. The van der Waals surface area contributed by atoms with E-state index in [1.165, 1.54) is 0 Å². The van der Waals surface area contributed by atoms with Crippen LogP contribution in [-0.2, 0) is 16.2 Å². The Bertz CT molecular complexity index is 1260. The van der Waals surface area contributed by atoms with E-state index >= 15 is 0 Å². The molecule has 38 heavy (non-hydrogen) atoms. The lowest BCUT2D eigenvalue weighted by Crippen LogP contribution is -2.42. The molecule has 2 aliphatic heterocycles. The van der Waals surface area contributed by atoms with Crippen LogP contribution >= 0.6 is 50.9 Å². The molecule has 2 heterocycles. The molecule has 11 heteroatoms. The van der Waals surface area contributed by atoms with Crippen LogP contribution < -0.4 is 9.47 Å². The van der Waals surface area contributed by atoms with E-state index in [0.29, 0.717) is 51.3 Å². The van der Waals surface area contributed by atoms with Gasteiger partial charge in [-0.1, -0.05) is 42.1 Å². The minimum absolute atomic E-state index is 0.194. The molecule has 2 fully saturated rings. The van der Waals surface area contributed by atoms with E-state index in [0.717, 1.165) is 47.9 Å². The third-order valence-electron chi connectivity index (χ3n) is 6.12. The summed E-state index contributed by atoms with van der Waals surface area (Å²) in [7, 11) is 0. The lowest BCUT2D eigenvalue weighted by atomic mass is 10.1. The lowest BCUT2D eigenvalue weighted by Gasteiger charge is -2.22. The van der Waals surface area contributed by atoms with Crippen molar-refractivity contribution < 1.29 is 23.9 Å². The van der Waals surface area contributed by atoms with Crippen LogP contribution in [-0.4, -0.2) is 53.1 Å². The number of imide groups is 1. The Labute approximate surface area is 244 Å². The number of carbonyl (C=O) groups excluding carboxylic acids is 3. The maximum absolute atomic E-state index is 13.0. The minimum atomic E-state index is -0.475. The van der Waals surface area contributed by atoms with Crippen molar-refractivity contribution in [2.24, 2.45) is 0 Å². The molecule has 2 aromatic carbocycles. The average molecular weight is 642 g/mol. The number of nitrogens with zero attached hydrogens (tertiary/aromatic N) is 2. The number of amides is 3. The standard InChI is InChI=1S/C27H27BrCl2N2O5S/c1-2-36-22-13-18(11-19(28)25(22)37-16-17-7-8-20(29)21(30)12-17)14-23-26(34)32(27(35)38-23)15-24(33)31-9-5-3-4-6-10-31/h7-8,11-14H,2-6,9-10,15-16H2,1H3. The van der Waals surface area contributed by atoms with Gasteiger partial charge >= 0.3 is 0 Å². The highest BCUT2D eigenvalue weighted by Crippen LogP contribution is 2.40. The molecule has 7 nitrogen and oxygen atoms in total. The summed E-state index contributed by atoms with van der Waals surface area (Å²) in [5.74, 6) is 0.299. The fourth-order valence-electron chi connectivity index (χ4n) is 4.20. The molecule has 3 amide bonds.